The lowest BCUT2D eigenvalue weighted by Crippen LogP contribution is -2.11. The highest BCUT2D eigenvalue weighted by Crippen LogP contribution is 2.10. The molecule has 4 nitrogen and oxygen atoms in total. The van der Waals surface area contributed by atoms with Gasteiger partial charge in [-0.25, -0.2) is 4.79 Å². The number of rotatable bonds is 3. The predicted molar refractivity (Wildman–Crippen MR) is 55.2 cm³/mol. The molecule has 0 aliphatic rings. The molecule has 0 aliphatic heterocycles. The highest BCUT2D eigenvalue weighted by Gasteiger charge is 2.11. The summed E-state index contributed by atoms with van der Waals surface area (Å²) < 4.78 is 0. The minimum absolute atomic E-state index is 0.0441. The Morgan fingerprint density at radius 2 is 1.60 bits per heavy atom. The Bertz CT molecular complexity index is 368. The fourth-order valence-corrected chi connectivity index (χ4v) is 1.17. The van der Waals surface area contributed by atoms with Crippen LogP contribution in [0.4, 0.5) is 0 Å². The van der Waals surface area contributed by atoms with Gasteiger partial charge in [-0.1, -0.05) is 26.0 Å². The fraction of sp³-hybridized carbons (Fsp3) is 0.273. The molecular weight excluding hydrogens is 194 g/mol. The van der Waals surface area contributed by atoms with Gasteiger partial charge in [0.1, 0.15) is 0 Å². The Kier molecular flexibility index (Phi) is 3.57. The zero-order valence-corrected chi connectivity index (χ0v) is 8.69. The first kappa shape index (κ1) is 11.4. The van der Waals surface area contributed by atoms with Crippen LogP contribution < -0.4 is 5.90 Å². The van der Waals surface area contributed by atoms with E-state index < -0.39 is 5.97 Å². The quantitative estimate of drug-likeness (QED) is 0.603. The third kappa shape index (κ3) is 2.63. The second-order valence-corrected chi connectivity index (χ2v) is 3.50. The molecule has 0 saturated carbocycles. The van der Waals surface area contributed by atoms with E-state index >= 15 is 0 Å². The summed E-state index contributed by atoms with van der Waals surface area (Å²) in [5, 5.41) is 0. The second kappa shape index (κ2) is 4.70. The van der Waals surface area contributed by atoms with Gasteiger partial charge in [0.25, 0.3) is 0 Å². The topological polar surface area (TPSA) is 69.4 Å². The van der Waals surface area contributed by atoms with Crippen LogP contribution in [0.2, 0.25) is 0 Å². The molecule has 0 fully saturated rings. The molecule has 0 radical (unpaired) electrons. The van der Waals surface area contributed by atoms with Gasteiger partial charge in [0.2, 0.25) is 0 Å². The first-order chi connectivity index (χ1) is 7.06. The van der Waals surface area contributed by atoms with Crippen molar-refractivity contribution in [2.45, 2.75) is 13.8 Å². The summed E-state index contributed by atoms with van der Waals surface area (Å²) >= 11 is 0. The van der Waals surface area contributed by atoms with Crippen LogP contribution >= 0.6 is 0 Å². The van der Waals surface area contributed by atoms with Crippen LogP contribution in [-0.2, 0) is 4.84 Å². The highest BCUT2D eigenvalue weighted by molar-refractivity contribution is 5.98. The predicted octanol–water partition coefficient (Wildman–Crippen LogP) is 1.56. The van der Waals surface area contributed by atoms with E-state index in [2.05, 4.69) is 4.84 Å². The lowest BCUT2D eigenvalue weighted by Gasteiger charge is -2.04. The van der Waals surface area contributed by atoms with Crippen molar-refractivity contribution in [1.82, 2.24) is 0 Å². The summed E-state index contributed by atoms with van der Waals surface area (Å²) in [5.74, 6) is 4.11. The third-order valence-corrected chi connectivity index (χ3v) is 2.04. The molecule has 0 atom stereocenters. The van der Waals surface area contributed by atoms with Crippen molar-refractivity contribution in [3.8, 4) is 0 Å². The largest absolute Gasteiger partial charge is 0.370 e. The molecule has 0 aliphatic carbocycles. The molecule has 80 valence electrons. The van der Waals surface area contributed by atoms with E-state index in [9.17, 15) is 9.59 Å². The third-order valence-electron chi connectivity index (χ3n) is 2.04. The standard InChI is InChI=1S/C11H13NO3/c1-7(2)10(13)8-3-5-9(6-4-8)11(14)15-12/h3-7H,12H2,1-2H3. The molecular formula is C11H13NO3. The molecule has 0 unspecified atom stereocenters. The summed E-state index contributed by atoms with van der Waals surface area (Å²) in [7, 11) is 0. The van der Waals surface area contributed by atoms with E-state index in [-0.39, 0.29) is 11.7 Å². The van der Waals surface area contributed by atoms with Crippen LogP contribution in [0.25, 0.3) is 0 Å². The molecule has 1 aromatic rings. The number of ketones is 1. The van der Waals surface area contributed by atoms with Crippen molar-refractivity contribution in [1.29, 1.82) is 0 Å². The van der Waals surface area contributed by atoms with E-state index in [0.29, 0.717) is 11.1 Å². The molecule has 0 amide bonds. The lowest BCUT2D eigenvalue weighted by molar-refractivity contribution is 0.0503. The lowest BCUT2D eigenvalue weighted by atomic mass is 10.0. The monoisotopic (exact) mass is 207 g/mol. The number of hydrogen-bond donors (Lipinski definition) is 1. The molecule has 0 heterocycles. The van der Waals surface area contributed by atoms with Crippen LogP contribution in [0.3, 0.4) is 0 Å². The first-order valence-corrected chi connectivity index (χ1v) is 4.61. The van der Waals surface area contributed by atoms with Crippen LogP contribution in [0.5, 0.6) is 0 Å². The van der Waals surface area contributed by atoms with E-state index in [4.69, 9.17) is 5.90 Å². The van der Waals surface area contributed by atoms with Crippen molar-refractivity contribution in [3.05, 3.63) is 35.4 Å². The van der Waals surface area contributed by atoms with Crippen molar-refractivity contribution >= 4 is 11.8 Å². The summed E-state index contributed by atoms with van der Waals surface area (Å²) in [4.78, 5) is 26.6. The number of nitrogens with two attached hydrogens (primary N) is 1. The molecule has 1 rings (SSSR count). The van der Waals surface area contributed by atoms with Gasteiger partial charge >= 0.3 is 5.97 Å². The van der Waals surface area contributed by atoms with Crippen LogP contribution in [0, 0.1) is 5.92 Å². The Labute approximate surface area is 88.0 Å². The Hall–Kier alpha value is -1.68. The second-order valence-electron chi connectivity index (χ2n) is 3.50. The SMILES string of the molecule is CC(C)C(=O)c1ccc(C(=O)ON)cc1. The maximum Gasteiger partial charge on any atom is 0.356 e. The Balaban J connectivity index is 2.90. The van der Waals surface area contributed by atoms with Crippen LogP contribution in [0.1, 0.15) is 34.6 Å². The van der Waals surface area contributed by atoms with Crippen LogP contribution in [-0.4, -0.2) is 11.8 Å². The summed E-state index contributed by atoms with van der Waals surface area (Å²) in [5.41, 5.74) is 0.913. The van der Waals surface area contributed by atoms with E-state index in [0.717, 1.165) is 0 Å². The van der Waals surface area contributed by atoms with Gasteiger partial charge in [-0.05, 0) is 12.1 Å². The molecule has 0 saturated heterocycles. The van der Waals surface area contributed by atoms with Crippen molar-refractivity contribution in [2.24, 2.45) is 11.8 Å². The first-order valence-electron chi connectivity index (χ1n) is 4.61. The van der Waals surface area contributed by atoms with Crippen molar-refractivity contribution in [2.75, 3.05) is 0 Å². The minimum atomic E-state index is -0.612. The van der Waals surface area contributed by atoms with Gasteiger partial charge in [0.05, 0.1) is 5.56 Å². The number of Topliss-reactive ketones (excluding diaryl/α,β-unsaturated/α-hetero) is 1. The van der Waals surface area contributed by atoms with Crippen molar-refractivity contribution < 1.29 is 14.4 Å². The zero-order chi connectivity index (χ0) is 11.4. The van der Waals surface area contributed by atoms with Gasteiger partial charge in [-0.3, -0.25) is 4.79 Å². The molecule has 0 bridgehead atoms. The molecule has 0 spiro atoms. The van der Waals surface area contributed by atoms with E-state index in [1.165, 1.54) is 12.1 Å². The zero-order valence-electron chi connectivity index (χ0n) is 8.69. The van der Waals surface area contributed by atoms with Crippen molar-refractivity contribution in [3.63, 3.8) is 0 Å². The summed E-state index contributed by atoms with van der Waals surface area (Å²) in [6.45, 7) is 3.65. The van der Waals surface area contributed by atoms with Gasteiger partial charge in [-0.2, -0.15) is 5.90 Å². The normalized spacial score (nSPS) is 10.1. The number of carbonyl (C=O) groups excluding carboxylic acids is 2. The van der Waals surface area contributed by atoms with Gasteiger partial charge in [0, 0.05) is 11.5 Å². The molecule has 2 N–H and O–H groups in total. The maximum absolute atomic E-state index is 11.6. The fourth-order valence-electron chi connectivity index (χ4n) is 1.17. The van der Waals surface area contributed by atoms with E-state index in [1.807, 2.05) is 13.8 Å². The maximum atomic E-state index is 11.6. The highest BCUT2D eigenvalue weighted by atomic mass is 16.7. The van der Waals surface area contributed by atoms with Gasteiger partial charge < -0.3 is 4.84 Å². The number of carbonyl (C=O) groups is 2. The summed E-state index contributed by atoms with van der Waals surface area (Å²) in [6, 6.07) is 6.22. The van der Waals surface area contributed by atoms with Gasteiger partial charge in [-0.15, -0.1) is 0 Å². The molecule has 4 heteroatoms. The Morgan fingerprint density at radius 3 is 2.00 bits per heavy atom. The van der Waals surface area contributed by atoms with E-state index in [1.54, 1.807) is 12.1 Å². The van der Waals surface area contributed by atoms with Crippen LogP contribution in [0.15, 0.2) is 24.3 Å². The van der Waals surface area contributed by atoms with Gasteiger partial charge in [0.15, 0.2) is 5.78 Å². The minimum Gasteiger partial charge on any atom is -0.370 e. The summed E-state index contributed by atoms with van der Waals surface area (Å²) in [6.07, 6.45) is 0. The molecule has 1 aromatic carbocycles. The number of benzene rings is 1. The Morgan fingerprint density at radius 1 is 1.13 bits per heavy atom. The smallest absolute Gasteiger partial charge is 0.356 e. The average molecular weight is 207 g/mol. The average Bonchev–Trinajstić information content (AvgIpc) is 2.27. The molecule has 15 heavy (non-hydrogen) atoms. The molecule has 0 aromatic heterocycles. The number of hydrogen-bond acceptors (Lipinski definition) is 4.